The van der Waals surface area contributed by atoms with Gasteiger partial charge in [0.25, 0.3) is 0 Å². The third-order valence-electron chi connectivity index (χ3n) is 4.04. The number of rotatable bonds is 5. The van der Waals surface area contributed by atoms with Gasteiger partial charge in [-0.1, -0.05) is 24.1 Å². The Labute approximate surface area is 128 Å². The van der Waals surface area contributed by atoms with E-state index in [0.29, 0.717) is 0 Å². The first-order chi connectivity index (χ1) is 9.35. The average molecular weight is 295 g/mol. The van der Waals surface area contributed by atoms with Crippen molar-refractivity contribution in [2.75, 3.05) is 18.5 Å². The smallest absolute Gasteiger partial charge is 0.0471 e. The predicted molar refractivity (Wildman–Crippen MR) is 88.7 cm³/mol. The number of benzene rings is 1. The summed E-state index contributed by atoms with van der Waals surface area (Å²) in [6.07, 6.45) is 4.16. The van der Waals surface area contributed by atoms with Crippen molar-refractivity contribution in [2.24, 2.45) is 5.92 Å². The lowest BCUT2D eigenvalue weighted by molar-refractivity contribution is 0.321. The van der Waals surface area contributed by atoms with Crippen LogP contribution in [0.2, 0.25) is 5.02 Å². The van der Waals surface area contributed by atoms with Gasteiger partial charge < -0.3 is 10.2 Å². The highest BCUT2D eigenvalue weighted by Crippen LogP contribution is 2.29. The molecule has 20 heavy (non-hydrogen) atoms. The predicted octanol–water partition coefficient (Wildman–Crippen LogP) is 4.46. The minimum atomic E-state index is 0.114. The zero-order chi connectivity index (χ0) is 14.8. The molecule has 0 atom stereocenters. The van der Waals surface area contributed by atoms with E-state index < -0.39 is 0 Å². The van der Waals surface area contributed by atoms with Crippen molar-refractivity contribution in [1.82, 2.24) is 5.32 Å². The molecule has 0 amide bonds. The third kappa shape index (κ3) is 4.39. The Balaban J connectivity index is 1.97. The van der Waals surface area contributed by atoms with Crippen LogP contribution in [-0.4, -0.2) is 19.1 Å². The van der Waals surface area contributed by atoms with Gasteiger partial charge >= 0.3 is 0 Å². The summed E-state index contributed by atoms with van der Waals surface area (Å²) >= 11 is 6.42. The first-order valence-electron chi connectivity index (χ1n) is 7.60. The number of hydrogen-bond donors (Lipinski definition) is 1. The summed E-state index contributed by atoms with van der Waals surface area (Å²) in [6.45, 7) is 8.47. The van der Waals surface area contributed by atoms with Crippen LogP contribution in [0.25, 0.3) is 0 Å². The lowest BCUT2D eigenvalue weighted by Crippen LogP contribution is -2.35. The van der Waals surface area contributed by atoms with Crippen LogP contribution in [0.5, 0.6) is 0 Å². The maximum atomic E-state index is 6.42. The Kier molecular flexibility index (Phi) is 4.98. The van der Waals surface area contributed by atoms with E-state index in [4.69, 9.17) is 11.6 Å². The van der Waals surface area contributed by atoms with Crippen LogP contribution in [0.4, 0.5) is 5.69 Å². The van der Waals surface area contributed by atoms with Crippen molar-refractivity contribution in [3.05, 3.63) is 28.8 Å². The highest BCUT2D eigenvalue weighted by molar-refractivity contribution is 6.31. The molecule has 0 spiro atoms. The lowest BCUT2D eigenvalue weighted by atomic mass is 9.85. The summed E-state index contributed by atoms with van der Waals surface area (Å²) in [4.78, 5) is 2.33. The zero-order valence-electron chi connectivity index (χ0n) is 13.2. The van der Waals surface area contributed by atoms with Gasteiger partial charge in [0.15, 0.2) is 0 Å². The van der Waals surface area contributed by atoms with Gasteiger partial charge in [-0.05, 0) is 57.2 Å². The number of halogens is 1. The molecule has 1 aliphatic rings. The standard InChI is InChI=1S/C17H27ClN2/c1-17(2,3)19-11-14-8-9-15(10-16(14)18)20(4)12-13-6-5-7-13/h8-10,13,19H,5-7,11-12H2,1-4H3. The van der Waals surface area contributed by atoms with E-state index in [-0.39, 0.29) is 5.54 Å². The normalized spacial score (nSPS) is 16.1. The van der Waals surface area contributed by atoms with Crippen LogP contribution in [-0.2, 0) is 6.54 Å². The van der Waals surface area contributed by atoms with Crippen LogP contribution in [0.3, 0.4) is 0 Å². The van der Waals surface area contributed by atoms with Crippen LogP contribution in [0.1, 0.15) is 45.6 Å². The van der Waals surface area contributed by atoms with Gasteiger partial charge in [-0.15, -0.1) is 0 Å². The van der Waals surface area contributed by atoms with Crippen LogP contribution < -0.4 is 10.2 Å². The van der Waals surface area contributed by atoms with Gasteiger partial charge in [-0.3, -0.25) is 0 Å². The lowest BCUT2D eigenvalue weighted by Gasteiger charge is -2.31. The molecule has 112 valence electrons. The quantitative estimate of drug-likeness (QED) is 0.862. The van der Waals surface area contributed by atoms with E-state index in [9.17, 15) is 0 Å². The fourth-order valence-corrected chi connectivity index (χ4v) is 2.69. The molecule has 0 aromatic heterocycles. The Morgan fingerprint density at radius 3 is 2.50 bits per heavy atom. The van der Waals surface area contributed by atoms with E-state index >= 15 is 0 Å². The van der Waals surface area contributed by atoms with Gasteiger partial charge in [0.05, 0.1) is 0 Å². The summed E-state index contributed by atoms with van der Waals surface area (Å²) in [6, 6.07) is 6.43. The van der Waals surface area contributed by atoms with Gasteiger partial charge in [-0.25, -0.2) is 0 Å². The van der Waals surface area contributed by atoms with Crippen LogP contribution >= 0.6 is 11.6 Å². The molecule has 1 aromatic rings. The fraction of sp³-hybridized carbons (Fsp3) is 0.647. The van der Waals surface area contributed by atoms with E-state index in [2.05, 4.69) is 56.2 Å². The fourth-order valence-electron chi connectivity index (χ4n) is 2.45. The molecule has 3 heteroatoms. The summed E-state index contributed by atoms with van der Waals surface area (Å²) in [5.74, 6) is 0.876. The second-order valence-corrected chi connectivity index (χ2v) is 7.46. The minimum absolute atomic E-state index is 0.114. The SMILES string of the molecule is CN(CC1CCC1)c1ccc(CNC(C)(C)C)c(Cl)c1. The van der Waals surface area contributed by atoms with Gasteiger partial charge in [-0.2, -0.15) is 0 Å². The first kappa shape index (κ1) is 15.7. The monoisotopic (exact) mass is 294 g/mol. The van der Waals surface area contributed by atoms with Crippen molar-refractivity contribution in [3.63, 3.8) is 0 Å². The Morgan fingerprint density at radius 2 is 2.00 bits per heavy atom. The molecule has 1 aromatic carbocycles. The average Bonchev–Trinajstić information content (AvgIpc) is 2.30. The summed E-state index contributed by atoms with van der Waals surface area (Å²) in [5.41, 5.74) is 2.51. The maximum Gasteiger partial charge on any atom is 0.0471 e. The van der Waals surface area contributed by atoms with Crippen LogP contribution in [0, 0.1) is 5.92 Å². The number of hydrogen-bond acceptors (Lipinski definition) is 2. The van der Waals surface area contributed by atoms with Crippen molar-refractivity contribution >= 4 is 17.3 Å². The van der Waals surface area contributed by atoms with Gasteiger partial charge in [0.1, 0.15) is 0 Å². The Hall–Kier alpha value is -0.730. The first-order valence-corrected chi connectivity index (χ1v) is 7.97. The molecular formula is C17H27ClN2. The second-order valence-electron chi connectivity index (χ2n) is 7.06. The largest absolute Gasteiger partial charge is 0.374 e. The highest BCUT2D eigenvalue weighted by Gasteiger charge is 2.19. The molecule has 1 aliphatic carbocycles. The molecule has 2 nitrogen and oxygen atoms in total. The number of nitrogens with one attached hydrogen (secondary N) is 1. The summed E-state index contributed by atoms with van der Waals surface area (Å²) in [5, 5.41) is 4.34. The molecule has 0 unspecified atom stereocenters. The van der Waals surface area contributed by atoms with Crippen molar-refractivity contribution in [1.29, 1.82) is 0 Å². The highest BCUT2D eigenvalue weighted by atomic mass is 35.5. The zero-order valence-corrected chi connectivity index (χ0v) is 13.9. The molecule has 0 saturated heterocycles. The van der Waals surface area contributed by atoms with Crippen molar-refractivity contribution in [3.8, 4) is 0 Å². The molecule has 0 aliphatic heterocycles. The molecule has 1 fully saturated rings. The maximum absolute atomic E-state index is 6.42. The molecule has 2 rings (SSSR count). The Bertz CT molecular complexity index is 447. The second kappa shape index (κ2) is 6.36. The topological polar surface area (TPSA) is 15.3 Å². The van der Waals surface area contributed by atoms with Crippen LogP contribution in [0.15, 0.2) is 18.2 Å². The summed E-state index contributed by atoms with van der Waals surface area (Å²) < 4.78 is 0. The molecule has 1 saturated carbocycles. The molecule has 0 radical (unpaired) electrons. The number of nitrogens with zero attached hydrogens (tertiary/aromatic N) is 1. The van der Waals surface area contributed by atoms with Gasteiger partial charge in [0.2, 0.25) is 0 Å². The Morgan fingerprint density at radius 1 is 1.30 bits per heavy atom. The molecular weight excluding hydrogens is 268 g/mol. The minimum Gasteiger partial charge on any atom is -0.374 e. The van der Waals surface area contributed by atoms with Crippen molar-refractivity contribution in [2.45, 2.75) is 52.1 Å². The third-order valence-corrected chi connectivity index (χ3v) is 4.40. The molecule has 0 bridgehead atoms. The summed E-state index contributed by atoms with van der Waals surface area (Å²) in [7, 11) is 2.16. The molecule has 1 N–H and O–H groups in total. The van der Waals surface area contributed by atoms with Crippen molar-refractivity contribution < 1.29 is 0 Å². The van der Waals surface area contributed by atoms with E-state index in [1.54, 1.807) is 0 Å². The van der Waals surface area contributed by atoms with E-state index in [0.717, 1.165) is 24.0 Å². The molecule has 0 heterocycles. The number of anilines is 1. The van der Waals surface area contributed by atoms with Gasteiger partial charge in [0, 0.05) is 36.4 Å². The van der Waals surface area contributed by atoms with E-state index in [1.165, 1.54) is 30.5 Å². The van der Waals surface area contributed by atoms with E-state index in [1.807, 2.05) is 0 Å².